The highest BCUT2D eigenvalue weighted by molar-refractivity contribution is 7.10. The number of thiazole rings is 1. The summed E-state index contributed by atoms with van der Waals surface area (Å²) in [4.78, 5) is 18.2. The number of allylic oxidation sites excluding steroid dienone is 1. The summed E-state index contributed by atoms with van der Waals surface area (Å²) >= 11 is 0.987. The summed E-state index contributed by atoms with van der Waals surface area (Å²) in [6.07, 6.45) is 4.48. The summed E-state index contributed by atoms with van der Waals surface area (Å²) in [5.74, 6) is -0.0870. The van der Waals surface area contributed by atoms with Crippen molar-refractivity contribution in [1.82, 2.24) is 4.98 Å². The van der Waals surface area contributed by atoms with Gasteiger partial charge >= 0.3 is 4.87 Å². The number of benzene rings is 1. The molecule has 0 unspecified atom stereocenters. The summed E-state index contributed by atoms with van der Waals surface area (Å²) < 4.78 is 0. The van der Waals surface area contributed by atoms with Gasteiger partial charge in [-0.05, 0) is 18.1 Å². The van der Waals surface area contributed by atoms with Crippen LogP contribution in [0.4, 0.5) is 5.69 Å². The number of rotatable bonds is 2. The molecule has 1 aromatic heterocycles. The second-order valence-electron chi connectivity index (χ2n) is 4.25. The van der Waals surface area contributed by atoms with E-state index in [4.69, 9.17) is 0 Å². The standard InChI is InChI=1S/C14H12N2O2S/c1-2-8-4-3-5-10-9(7-15-12(8)10)6-11-13(17)16-14(18)19-11/h3-7,17H,2H2,1H3,(H,16,18). The van der Waals surface area contributed by atoms with E-state index in [1.807, 2.05) is 12.1 Å². The van der Waals surface area contributed by atoms with Gasteiger partial charge in [0.2, 0.25) is 5.88 Å². The van der Waals surface area contributed by atoms with E-state index in [2.05, 4.69) is 23.0 Å². The van der Waals surface area contributed by atoms with Gasteiger partial charge in [-0.3, -0.25) is 14.8 Å². The van der Waals surface area contributed by atoms with E-state index in [0.29, 0.717) is 4.88 Å². The van der Waals surface area contributed by atoms with Crippen LogP contribution in [0.1, 0.15) is 22.9 Å². The predicted octanol–water partition coefficient (Wildman–Crippen LogP) is 2.96. The van der Waals surface area contributed by atoms with Gasteiger partial charge in [-0.1, -0.05) is 36.5 Å². The number of hydrogen-bond acceptors (Lipinski definition) is 4. The number of nitrogens with one attached hydrogen (secondary N) is 1. The first-order chi connectivity index (χ1) is 9.19. The van der Waals surface area contributed by atoms with Crippen LogP contribution < -0.4 is 4.87 Å². The molecule has 0 saturated heterocycles. The fourth-order valence-electron chi connectivity index (χ4n) is 2.15. The zero-order valence-corrected chi connectivity index (χ0v) is 11.1. The van der Waals surface area contributed by atoms with E-state index >= 15 is 0 Å². The van der Waals surface area contributed by atoms with E-state index in [1.54, 1.807) is 12.3 Å². The van der Waals surface area contributed by atoms with Crippen molar-refractivity contribution in [1.29, 1.82) is 0 Å². The molecule has 0 saturated carbocycles. The lowest BCUT2D eigenvalue weighted by molar-refractivity contribution is 0.455. The minimum absolute atomic E-state index is 0.0870. The first kappa shape index (κ1) is 11.9. The first-order valence-electron chi connectivity index (χ1n) is 5.99. The minimum Gasteiger partial charge on any atom is -0.493 e. The Balaban J connectivity index is 2.10. The summed E-state index contributed by atoms with van der Waals surface area (Å²) in [5, 5.41) is 9.61. The van der Waals surface area contributed by atoms with E-state index in [0.717, 1.165) is 34.6 Å². The van der Waals surface area contributed by atoms with Gasteiger partial charge in [0, 0.05) is 17.4 Å². The molecule has 2 N–H and O–H groups in total. The smallest absolute Gasteiger partial charge is 0.307 e. The Morgan fingerprint density at radius 1 is 1.47 bits per heavy atom. The zero-order valence-electron chi connectivity index (χ0n) is 10.3. The molecule has 1 aliphatic heterocycles. The monoisotopic (exact) mass is 272 g/mol. The van der Waals surface area contributed by atoms with Gasteiger partial charge in [0.15, 0.2) is 0 Å². The Bertz CT molecular complexity index is 753. The van der Waals surface area contributed by atoms with E-state index in [-0.39, 0.29) is 10.8 Å². The molecule has 5 heteroatoms. The molecule has 0 radical (unpaired) electrons. The summed E-state index contributed by atoms with van der Waals surface area (Å²) in [6.45, 7) is 2.09. The molecule has 19 heavy (non-hydrogen) atoms. The Hall–Kier alpha value is -2.14. The number of hydrogen-bond donors (Lipinski definition) is 2. The molecule has 0 atom stereocenters. The van der Waals surface area contributed by atoms with Crippen molar-refractivity contribution in [2.24, 2.45) is 4.99 Å². The van der Waals surface area contributed by atoms with Crippen molar-refractivity contribution in [3.8, 4) is 5.88 Å². The van der Waals surface area contributed by atoms with Crippen LogP contribution in [0.15, 0.2) is 28.0 Å². The number of aromatic nitrogens is 1. The molecule has 0 bridgehead atoms. The van der Waals surface area contributed by atoms with Gasteiger partial charge in [0.05, 0.1) is 10.6 Å². The highest BCUT2D eigenvalue weighted by Gasteiger charge is 2.16. The number of nitrogens with zero attached hydrogens (tertiary/aromatic N) is 1. The van der Waals surface area contributed by atoms with E-state index in [1.165, 1.54) is 5.56 Å². The van der Waals surface area contributed by atoms with E-state index in [9.17, 15) is 9.90 Å². The lowest BCUT2D eigenvalue weighted by atomic mass is 10.0. The maximum Gasteiger partial charge on any atom is 0.307 e. The van der Waals surface area contributed by atoms with Crippen LogP contribution in [0.3, 0.4) is 0 Å². The molecule has 0 spiro atoms. The Kier molecular flexibility index (Phi) is 2.83. The van der Waals surface area contributed by atoms with Crippen LogP contribution in [0.2, 0.25) is 0 Å². The Morgan fingerprint density at radius 3 is 3.00 bits per heavy atom. The average Bonchev–Trinajstić information content (AvgIpc) is 2.94. The minimum atomic E-state index is -0.262. The number of aromatic hydroxyl groups is 1. The zero-order chi connectivity index (χ0) is 13.4. The molecule has 4 nitrogen and oxygen atoms in total. The maximum absolute atomic E-state index is 11.2. The average molecular weight is 272 g/mol. The van der Waals surface area contributed by atoms with Crippen molar-refractivity contribution in [2.45, 2.75) is 13.3 Å². The van der Waals surface area contributed by atoms with Crippen molar-refractivity contribution in [3.05, 3.63) is 43.9 Å². The summed E-state index contributed by atoms with van der Waals surface area (Å²) in [7, 11) is 0. The highest BCUT2D eigenvalue weighted by atomic mass is 32.1. The fourth-order valence-corrected chi connectivity index (χ4v) is 2.83. The van der Waals surface area contributed by atoms with Gasteiger partial charge in [-0.15, -0.1) is 0 Å². The predicted molar refractivity (Wildman–Crippen MR) is 78.4 cm³/mol. The quantitative estimate of drug-likeness (QED) is 0.882. The molecular weight excluding hydrogens is 260 g/mol. The third kappa shape index (κ3) is 2.02. The summed E-state index contributed by atoms with van der Waals surface area (Å²) in [6, 6.07) is 6.06. The molecule has 96 valence electrons. The van der Waals surface area contributed by atoms with Crippen molar-refractivity contribution < 1.29 is 5.11 Å². The lowest BCUT2D eigenvalue weighted by Crippen LogP contribution is -1.89. The van der Waals surface area contributed by atoms with Gasteiger partial charge < -0.3 is 5.11 Å². The third-order valence-corrected chi connectivity index (χ3v) is 3.91. The van der Waals surface area contributed by atoms with Crippen LogP contribution in [-0.2, 0) is 6.42 Å². The molecule has 0 fully saturated rings. The number of H-pyrrole nitrogens is 1. The van der Waals surface area contributed by atoms with Crippen LogP contribution in [-0.4, -0.2) is 16.3 Å². The third-order valence-electron chi connectivity index (χ3n) is 3.09. The van der Waals surface area contributed by atoms with Crippen molar-refractivity contribution >= 4 is 34.9 Å². The van der Waals surface area contributed by atoms with E-state index < -0.39 is 0 Å². The molecule has 2 aromatic rings. The number of aliphatic imine (C=N–C) groups is 1. The SMILES string of the molecule is CCc1cccc2c1N=CC2=Cc1sc(=O)[nH]c1O. The van der Waals surface area contributed by atoms with Crippen LogP contribution in [0, 0.1) is 0 Å². The Morgan fingerprint density at radius 2 is 2.32 bits per heavy atom. The molecule has 0 amide bonds. The van der Waals surface area contributed by atoms with Gasteiger partial charge in [0.25, 0.3) is 0 Å². The molecule has 1 aromatic carbocycles. The van der Waals surface area contributed by atoms with Crippen molar-refractivity contribution in [3.63, 3.8) is 0 Å². The first-order valence-corrected chi connectivity index (χ1v) is 6.80. The number of fused-ring (bicyclic) bond motifs is 1. The lowest BCUT2D eigenvalue weighted by Gasteiger charge is -2.04. The molecule has 0 aliphatic carbocycles. The number of para-hydroxylation sites is 1. The van der Waals surface area contributed by atoms with Crippen molar-refractivity contribution in [2.75, 3.05) is 0 Å². The fraction of sp³-hybridized carbons (Fsp3) is 0.143. The molecule has 1 aliphatic rings. The Labute approximate surface area is 113 Å². The molecular formula is C14H12N2O2S. The largest absolute Gasteiger partial charge is 0.493 e. The molecule has 2 heterocycles. The maximum atomic E-state index is 11.2. The topological polar surface area (TPSA) is 65.5 Å². The highest BCUT2D eigenvalue weighted by Crippen LogP contribution is 2.36. The second-order valence-corrected chi connectivity index (χ2v) is 5.27. The summed E-state index contributed by atoms with van der Waals surface area (Å²) in [5.41, 5.74) is 4.14. The van der Waals surface area contributed by atoms with Crippen LogP contribution >= 0.6 is 11.3 Å². The number of aromatic amines is 1. The van der Waals surface area contributed by atoms with Crippen LogP contribution in [0.5, 0.6) is 5.88 Å². The normalized spacial score (nSPS) is 15.1. The molecule has 3 rings (SSSR count). The van der Waals surface area contributed by atoms with Gasteiger partial charge in [-0.25, -0.2) is 0 Å². The van der Waals surface area contributed by atoms with Gasteiger partial charge in [-0.2, -0.15) is 0 Å². The van der Waals surface area contributed by atoms with Crippen LogP contribution in [0.25, 0.3) is 11.6 Å². The second kappa shape index (κ2) is 4.51. The number of aryl methyl sites for hydroxylation is 1. The van der Waals surface area contributed by atoms with Gasteiger partial charge in [0.1, 0.15) is 0 Å².